The van der Waals surface area contributed by atoms with Crippen LogP contribution in [-0.4, -0.2) is 55.1 Å². The van der Waals surface area contributed by atoms with Gasteiger partial charge in [0.1, 0.15) is 11.1 Å². The van der Waals surface area contributed by atoms with Crippen molar-refractivity contribution < 1.29 is 40.7 Å². The van der Waals surface area contributed by atoms with E-state index in [-0.39, 0.29) is 36.7 Å². The van der Waals surface area contributed by atoms with Gasteiger partial charge in [-0.2, -0.15) is 13.2 Å². The molecular formula is C24H28F4N2O5S. The first kappa shape index (κ1) is 28.0. The highest BCUT2D eigenvalue weighted by molar-refractivity contribution is 7.89. The van der Waals surface area contributed by atoms with Gasteiger partial charge in [0.05, 0.1) is 24.8 Å². The number of amides is 1. The second-order valence-electron chi connectivity index (χ2n) is 8.83. The molecule has 7 nitrogen and oxygen atoms in total. The van der Waals surface area contributed by atoms with Gasteiger partial charge in [-0.05, 0) is 55.5 Å². The van der Waals surface area contributed by atoms with Crippen LogP contribution < -0.4 is 0 Å². The first-order valence-electron chi connectivity index (χ1n) is 11.3. The van der Waals surface area contributed by atoms with Gasteiger partial charge in [-0.3, -0.25) is 10.0 Å². The summed E-state index contributed by atoms with van der Waals surface area (Å²) in [6.45, 7) is 3.27. The number of ether oxygens (including phenoxy) is 1. The zero-order valence-electron chi connectivity index (χ0n) is 19.8. The number of alkyl halides is 3. The van der Waals surface area contributed by atoms with Crippen molar-refractivity contribution in [3.8, 4) is 0 Å². The molecular weight excluding hydrogens is 504 g/mol. The van der Waals surface area contributed by atoms with Gasteiger partial charge in [0.15, 0.2) is 0 Å². The molecule has 198 valence electrons. The van der Waals surface area contributed by atoms with E-state index < -0.39 is 44.9 Å². The first-order chi connectivity index (χ1) is 16.8. The summed E-state index contributed by atoms with van der Waals surface area (Å²) in [7, 11) is -4.49. The minimum Gasteiger partial charge on any atom is -0.373 e. The molecule has 0 bridgehead atoms. The molecule has 1 saturated heterocycles. The topological polar surface area (TPSA) is 87.2 Å². The summed E-state index contributed by atoms with van der Waals surface area (Å²) in [4.78, 5) is 11.0. The zero-order chi connectivity index (χ0) is 26.7. The zero-order valence-corrected chi connectivity index (χ0v) is 20.7. The van der Waals surface area contributed by atoms with Crippen LogP contribution in [0.5, 0.6) is 0 Å². The van der Waals surface area contributed by atoms with E-state index in [4.69, 9.17) is 4.74 Å². The van der Waals surface area contributed by atoms with Gasteiger partial charge in [-0.1, -0.05) is 29.8 Å². The molecule has 1 fully saturated rings. The van der Waals surface area contributed by atoms with E-state index in [1.165, 1.54) is 0 Å². The maximum Gasteiger partial charge on any atom is 0.416 e. The Morgan fingerprint density at radius 1 is 1.17 bits per heavy atom. The molecule has 0 aromatic heterocycles. The van der Waals surface area contributed by atoms with E-state index in [0.29, 0.717) is 25.5 Å². The van der Waals surface area contributed by atoms with Crippen LogP contribution >= 0.6 is 0 Å². The summed E-state index contributed by atoms with van der Waals surface area (Å²) < 4.78 is 88.4. The van der Waals surface area contributed by atoms with Crippen molar-refractivity contribution in [1.29, 1.82) is 0 Å². The maximum atomic E-state index is 13.6. The van der Waals surface area contributed by atoms with Gasteiger partial charge in [-0.25, -0.2) is 22.2 Å². The number of rotatable bonds is 9. The summed E-state index contributed by atoms with van der Waals surface area (Å²) >= 11 is 0. The van der Waals surface area contributed by atoms with Crippen molar-refractivity contribution in [1.82, 2.24) is 9.37 Å². The molecule has 1 N–H and O–H groups in total. The lowest BCUT2D eigenvalue weighted by atomic mass is 10.0. The van der Waals surface area contributed by atoms with Gasteiger partial charge in [0.2, 0.25) is 16.4 Å². The van der Waals surface area contributed by atoms with Crippen molar-refractivity contribution in [2.75, 3.05) is 19.6 Å². The third kappa shape index (κ3) is 6.61. The van der Waals surface area contributed by atoms with Crippen LogP contribution in [0.4, 0.5) is 17.6 Å². The average molecular weight is 533 g/mol. The second-order valence-corrected chi connectivity index (χ2v) is 10.9. The molecule has 2 aromatic rings. The number of hydroxylamine groups is 2. The Balaban J connectivity index is 1.79. The molecule has 3 rings (SSSR count). The Kier molecular flexibility index (Phi) is 8.75. The summed E-state index contributed by atoms with van der Waals surface area (Å²) in [5.74, 6) is -1.19. The van der Waals surface area contributed by atoms with E-state index in [0.717, 1.165) is 27.1 Å². The van der Waals surface area contributed by atoms with Crippen LogP contribution in [0.1, 0.15) is 45.9 Å². The fourth-order valence-corrected chi connectivity index (χ4v) is 6.16. The molecule has 1 heterocycles. The van der Waals surface area contributed by atoms with Crippen LogP contribution in [-0.2, 0) is 32.3 Å². The molecule has 1 aliphatic rings. The van der Waals surface area contributed by atoms with E-state index >= 15 is 0 Å². The average Bonchev–Trinajstić information content (AvgIpc) is 2.82. The molecule has 0 spiro atoms. The fraction of sp³-hybridized carbons (Fsp3) is 0.458. The minimum atomic E-state index is -5.05. The van der Waals surface area contributed by atoms with E-state index in [1.54, 1.807) is 0 Å². The molecule has 0 saturated carbocycles. The highest BCUT2D eigenvalue weighted by Gasteiger charge is 2.43. The number of hydrogen-bond donors (Lipinski definition) is 1. The highest BCUT2D eigenvalue weighted by atomic mass is 32.2. The van der Waals surface area contributed by atoms with Crippen LogP contribution in [0.15, 0.2) is 36.4 Å². The van der Waals surface area contributed by atoms with Gasteiger partial charge >= 0.3 is 6.18 Å². The van der Waals surface area contributed by atoms with Crippen LogP contribution in [0.3, 0.4) is 0 Å². The Morgan fingerprint density at radius 2 is 1.83 bits per heavy atom. The maximum absolute atomic E-state index is 13.6. The predicted octanol–water partition coefficient (Wildman–Crippen LogP) is 4.36. The number of carbonyl (C=O) groups is 1. The Bertz CT molecular complexity index is 1180. The summed E-state index contributed by atoms with van der Waals surface area (Å²) in [6, 6.07) is 7.61. The monoisotopic (exact) mass is 532 g/mol. The largest absolute Gasteiger partial charge is 0.416 e. The lowest BCUT2D eigenvalue weighted by molar-refractivity contribution is -0.150. The molecule has 1 unspecified atom stereocenters. The molecule has 0 radical (unpaired) electrons. The van der Waals surface area contributed by atoms with Gasteiger partial charge in [-0.15, -0.1) is 0 Å². The molecule has 1 atom stereocenters. The standard InChI is InChI=1S/C24H28F4N2O5S/c1-16-3-4-17(2)18(11-16)14-35-20-7-9-30(10-8-20)36(33,34)23(13-29(32)15-31)21-6-5-19(25)12-22(21)24(26,27)28/h3-6,11-12,15,20,23,32H,7-10,13-14H2,1-2H3. The van der Waals surface area contributed by atoms with E-state index in [2.05, 4.69) is 0 Å². The molecule has 12 heteroatoms. The van der Waals surface area contributed by atoms with Gasteiger partial charge in [0, 0.05) is 13.1 Å². The van der Waals surface area contributed by atoms with E-state index in [1.807, 2.05) is 32.0 Å². The number of carbonyl (C=O) groups excluding carboxylic acids is 1. The SMILES string of the molecule is Cc1ccc(C)c(COC2CCN(S(=O)(=O)C(CN(O)C=O)c3ccc(F)cc3C(F)(F)F)CC2)c1. The van der Waals surface area contributed by atoms with Crippen molar-refractivity contribution in [2.45, 2.75) is 50.8 Å². The summed E-state index contributed by atoms with van der Waals surface area (Å²) in [6.07, 6.45) is -4.80. The van der Waals surface area contributed by atoms with Crippen LogP contribution in [0.25, 0.3) is 0 Å². The Labute approximate surface area is 207 Å². The highest BCUT2D eigenvalue weighted by Crippen LogP contribution is 2.39. The number of piperidine rings is 1. The molecule has 36 heavy (non-hydrogen) atoms. The third-order valence-corrected chi connectivity index (χ3v) is 8.45. The second kappa shape index (κ2) is 11.2. The number of halogens is 4. The van der Waals surface area contributed by atoms with Crippen molar-refractivity contribution in [2.24, 2.45) is 0 Å². The Hall–Kier alpha value is -2.54. The quantitative estimate of drug-likeness (QED) is 0.225. The lowest BCUT2D eigenvalue weighted by Crippen LogP contribution is -2.45. The molecule has 1 amide bonds. The summed E-state index contributed by atoms with van der Waals surface area (Å²) in [5.41, 5.74) is 0.920. The molecule has 1 aliphatic heterocycles. The van der Waals surface area contributed by atoms with Crippen molar-refractivity contribution >= 4 is 16.4 Å². The number of sulfonamides is 1. The van der Waals surface area contributed by atoms with Crippen molar-refractivity contribution in [3.05, 3.63) is 70.0 Å². The summed E-state index contributed by atoms with van der Waals surface area (Å²) in [5, 5.41) is 7.67. The lowest BCUT2D eigenvalue weighted by Gasteiger charge is -2.35. The number of hydrogen-bond acceptors (Lipinski definition) is 5. The van der Waals surface area contributed by atoms with E-state index in [9.17, 15) is 36.0 Å². The first-order valence-corrected chi connectivity index (χ1v) is 12.8. The van der Waals surface area contributed by atoms with Gasteiger partial charge in [0.25, 0.3) is 0 Å². The normalized spacial score (nSPS) is 16.6. The number of benzene rings is 2. The minimum absolute atomic E-state index is 0.0225. The smallest absolute Gasteiger partial charge is 0.373 e. The van der Waals surface area contributed by atoms with Gasteiger partial charge < -0.3 is 4.74 Å². The van der Waals surface area contributed by atoms with Crippen molar-refractivity contribution in [3.63, 3.8) is 0 Å². The van der Waals surface area contributed by atoms with Crippen LogP contribution in [0.2, 0.25) is 0 Å². The molecule has 0 aliphatic carbocycles. The van der Waals surface area contributed by atoms with Crippen LogP contribution in [0, 0.1) is 19.7 Å². The fourth-order valence-electron chi connectivity index (χ4n) is 4.22. The predicted molar refractivity (Wildman–Crippen MR) is 123 cm³/mol. The number of aryl methyl sites for hydroxylation is 2. The Morgan fingerprint density at radius 3 is 2.44 bits per heavy atom. The molecule has 2 aromatic carbocycles. The number of nitrogens with zero attached hydrogens (tertiary/aromatic N) is 2. The third-order valence-electron chi connectivity index (χ3n) is 6.24.